The zero-order chi connectivity index (χ0) is 17.6. The zero-order valence-corrected chi connectivity index (χ0v) is 15.4. The molecular formula is C20H30N4O. The summed E-state index contributed by atoms with van der Waals surface area (Å²) in [6.07, 6.45) is 6.01. The number of aliphatic hydroxyl groups is 1. The Morgan fingerprint density at radius 3 is 2.56 bits per heavy atom. The number of hydrogen-bond acceptors (Lipinski definition) is 4. The maximum Gasteiger partial charge on any atom is 0.0645 e. The molecule has 0 aliphatic carbocycles. The van der Waals surface area contributed by atoms with Gasteiger partial charge < -0.3 is 14.9 Å². The molecule has 5 nitrogen and oxygen atoms in total. The van der Waals surface area contributed by atoms with Crippen molar-refractivity contribution in [2.45, 2.75) is 32.4 Å². The van der Waals surface area contributed by atoms with Crippen LogP contribution in [0.3, 0.4) is 0 Å². The summed E-state index contributed by atoms with van der Waals surface area (Å²) < 4.78 is 1.88. The number of nitrogens with zero attached hydrogens (tertiary/aromatic N) is 4. The largest absolute Gasteiger partial charge is 0.392 e. The Bertz CT molecular complexity index is 616. The van der Waals surface area contributed by atoms with Crippen molar-refractivity contribution in [1.29, 1.82) is 0 Å². The van der Waals surface area contributed by atoms with E-state index in [2.05, 4.69) is 46.2 Å². The second kappa shape index (κ2) is 8.61. The fourth-order valence-electron chi connectivity index (χ4n) is 3.72. The summed E-state index contributed by atoms with van der Waals surface area (Å²) in [5, 5.41) is 13.8. The molecular weight excluding hydrogens is 312 g/mol. The summed E-state index contributed by atoms with van der Waals surface area (Å²) in [5.41, 5.74) is 2.44. The fraction of sp³-hybridized carbons (Fsp3) is 0.550. The first-order chi connectivity index (χ1) is 12.1. The van der Waals surface area contributed by atoms with Crippen LogP contribution in [-0.4, -0.2) is 64.0 Å². The van der Waals surface area contributed by atoms with E-state index in [0.717, 1.165) is 44.3 Å². The van der Waals surface area contributed by atoms with Crippen molar-refractivity contribution in [3.8, 4) is 5.69 Å². The number of aliphatic hydroxyl groups excluding tert-OH is 1. The van der Waals surface area contributed by atoms with Crippen LogP contribution in [0, 0.1) is 5.92 Å². The normalized spacial score (nSPS) is 17.9. The summed E-state index contributed by atoms with van der Waals surface area (Å²) in [5.74, 6) is 0.763. The Balaban J connectivity index is 1.44. The second-order valence-corrected chi connectivity index (χ2v) is 7.41. The molecule has 1 fully saturated rings. The summed E-state index contributed by atoms with van der Waals surface area (Å²) in [7, 11) is 2.21. The van der Waals surface area contributed by atoms with Gasteiger partial charge in [-0.3, -0.25) is 0 Å². The molecule has 2 heterocycles. The van der Waals surface area contributed by atoms with E-state index in [-0.39, 0.29) is 6.10 Å². The van der Waals surface area contributed by atoms with Crippen LogP contribution in [0.2, 0.25) is 0 Å². The lowest BCUT2D eigenvalue weighted by Gasteiger charge is -2.34. The van der Waals surface area contributed by atoms with E-state index in [4.69, 9.17) is 0 Å². The van der Waals surface area contributed by atoms with E-state index in [0.29, 0.717) is 0 Å². The molecule has 0 bridgehead atoms. The predicted octanol–water partition coefficient (Wildman–Crippen LogP) is 2.40. The predicted molar refractivity (Wildman–Crippen MR) is 101 cm³/mol. The van der Waals surface area contributed by atoms with Gasteiger partial charge in [0.1, 0.15) is 0 Å². The molecule has 0 saturated carbocycles. The van der Waals surface area contributed by atoms with Crippen LogP contribution < -0.4 is 0 Å². The van der Waals surface area contributed by atoms with E-state index in [9.17, 15) is 5.11 Å². The summed E-state index contributed by atoms with van der Waals surface area (Å²) in [6.45, 7) is 7.03. The van der Waals surface area contributed by atoms with Gasteiger partial charge in [-0.2, -0.15) is 5.10 Å². The highest BCUT2D eigenvalue weighted by molar-refractivity contribution is 5.33. The fourth-order valence-corrected chi connectivity index (χ4v) is 3.72. The minimum Gasteiger partial charge on any atom is -0.392 e. The van der Waals surface area contributed by atoms with Crippen LogP contribution in [0.1, 0.15) is 25.3 Å². The van der Waals surface area contributed by atoms with E-state index in [1.807, 2.05) is 23.9 Å². The second-order valence-electron chi connectivity index (χ2n) is 7.41. The van der Waals surface area contributed by atoms with Gasteiger partial charge >= 0.3 is 0 Å². The summed E-state index contributed by atoms with van der Waals surface area (Å²) in [6, 6.07) is 10.6. The molecule has 0 spiro atoms. The standard InChI is InChI=1S/C20H30N4O/c1-17(25)14-23-12-8-19(9-13-23)16-22(2)15-18-4-6-20(7-5-18)24-11-3-10-21-24/h3-7,10-11,17,19,25H,8-9,12-16H2,1-2H3/t17-/m1/s1. The quantitative estimate of drug-likeness (QED) is 0.839. The molecule has 3 rings (SSSR count). The molecule has 1 N–H and O–H groups in total. The molecule has 1 aliphatic heterocycles. The van der Waals surface area contributed by atoms with Gasteiger partial charge in [0.05, 0.1) is 11.8 Å². The molecule has 0 amide bonds. The molecule has 1 saturated heterocycles. The lowest BCUT2D eigenvalue weighted by atomic mass is 9.96. The SMILES string of the molecule is C[C@@H](O)CN1CCC(CN(C)Cc2ccc(-n3cccn3)cc2)CC1. The number of hydrogen-bond donors (Lipinski definition) is 1. The van der Waals surface area contributed by atoms with Crippen molar-refractivity contribution in [2.75, 3.05) is 33.2 Å². The Hall–Kier alpha value is -1.69. The minimum absolute atomic E-state index is 0.219. The highest BCUT2D eigenvalue weighted by Gasteiger charge is 2.21. The van der Waals surface area contributed by atoms with E-state index < -0.39 is 0 Å². The van der Waals surface area contributed by atoms with Gasteiger partial charge in [0.25, 0.3) is 0 Å². The van der Waals surface area contributed by atoms with E-state index in [1.54, 1.807) is 6.20 Å². The Morgan fingerprint density at radius 1 is 1.24 bits per heavy atom. The van der Waals surface area contributed by atoms with Crippen molar-refractivity contribution in [3.05, 3.63) is 48.3 Å². The van der Waals surface area contributed by atoms with Crippen LogP contribution in [0.25, 0.3) is 5.69 Å². The van der Waals surface area contributed by atoms with Gasteiger partial charge in [-0.25, -0.2) is 4.68 Å². The molecule has 1 atom stereocenters. The molecule has 5 heteroatoms. The first-order valence-electron chi connectivity index (χ1n) is 9.28. The van der Waals surface area contributed by atoms with Gasteiger partial charge in [-0.05, 0) is 69.6 Å². The van der Waals surface area contributed by atoms with Crippen molar-refractivity contribution in [3.63, 3.8) is 0 Å². The van der Waals surface area contributed by atoms with Crippen molar-refractivity contribution in [2.24, 2.45) is 5.92 Å². The molecule has 1 aliphatic rings. The lowest BCUT2D eigenvalue weighted by molar-refractivity contribution is 0.0919. The van der Waals surface area contributed by atoms with Crippen LogP contribution in [0.5, 0.6) is 0 Å². The van der Waals surface area contributed by atoms with Crippen LogP contribution in [0.4, 0.5) is 0 Å². The van der Waals surface area contributed by atoms with Crippen molar-refractivity contribution in [1.82, 2.24) is 19.6 Å². The van der Waals surface area contributed by atoms with Crippen LogP contribution in [0.15, 0.2) is 42.7 Å². The smallest absolute Gasteiger partial charge is 0.0645 e. The number of likely N-dealkylation sites (tertiary alicyclic amines) is 1. The van der Waals surface area contributed by atoms with Gasteiger partial charge in [0.15, 0.2) is 0 Å². The highest BCUT2D eigenvalue weighted by atomic mass is 16.3. The first kappa shape index (κ1) is 18.1. The number of benzene rings is 1. The third-order valence-electron chi connectivity index (χ3n) is 4.96. The maximum absolute atomic E-state index is 9.50. The van der Waals surface area contributed by atoms with Crippen LogP contribution >= 0.6 is 0 Å². The minimum atomic E-state index is -0.219. The number of rotatable bonds is 7. The van der Waals surface area contributed by atoms with Gasteiger partial charge in [-0.15, -0.1) is 0 Å². The van der Waals surface area contributed by atoms with Gasteiger partial charge in [-0.1, -0.05) is 12.1 Å². The van der Waals surface area contributed by atoms with Crippen molar-refractivity contribution >= 4 is 0 Å². The molecule has 1 aromatic heterocycles. The Kier molecular flexibility index (Phi) is 6.24. The van der Waals surface area contributed by atoms with Gasteiger partial charge in [0, 0.05) is 32.0 Å². The molecule has 25 heavy (non-hydrogen) atoms. The van der Waals surface area contributed by atoms with E-state index in [1.165, 1.54) is 18.4 Å². The summed E-state index contributed by atoms with van der Waals surface area (Å²) >= 11 is 0. The maximum atomic E-state index is 9.50. The molecule has 1 aromatic carbocycles. The Labute approximate surface area is 150 Å². The number of aromatic nitrogens is 2. The van der Waals surface area contributed by atoms with E-state index >= 15 is 0 Å². The highest BCUT2D eigenvalue weighted by Crippen LogP contribution is 2.19. The molecule has 136 valence electrons. The lowest BCUT2D eigenvalue weighted by Crippen LogP contribution is -2.40. The summed E-state index contributed by atoms with van der Waals surface area (Å²) in [4.78, 5) is 4.81. The molecule has 2 aromatic rings. The van der Waals surface area contributed by atoms with Crippen LogP contribution in [-0.2, 0) is 6.54 Å². The molecule has 0 unspecified atom stereocenters. The average Bonchev–Trinajstić information content (AvgIpc) is 3.11. The zero-order valence-electron chi connectivity index (χ0n) is 15.4. The number of piperidine rings is 1. The third-order valence-corrected chi connectivity index (χ3v) is 4.96. The van der Waals surface area contributed by atoms with Crippen molar-refractivity contribution < 1.29 is 5.11 Å². The number of β-amino-alcohol motifs (C(OH)–C–C–N with tert-alkyl or cyclic N) is 1. The topological polar surface area (TPSA) is 44.5 Å². The van der Waals surface area contributed by atoms with Gasteiger partial charge in [0.2, 0.25) is 0 Å². The third kappa shape index (κ3) is 5.39. The first-order valence-corrected chi connectivity index (χ1v) is 9.28. The molecule has 0 radical (unpaired) electrons. The average molecular weight is 342 g/mol. The monoisotopic (exact) mass is 342 g/mol. The Morgan fingerprint density at radius 2 is 1.96 bits per heavy atom.